The fourth-order valence-corrected chi connectivity index (χ4v) is 4.32. The Morgan fingerprint density at radius 3 is 2.81 bits per heavy atom. The Kier molecular flexibility index (Phi) is 4.33. The Morgan fingerprint density at radius 1 is 1.19 bits per heavy atom. The summed E-state index contributed by atoms with van der Waals surface area (Å²) in [5, 5.41) is 8.27. The highest BCUT2D eigenvalue weighted by atomic mass is 32.2. The molecule has 3 heterocycles. The predicted octanol–water partition coefficient (Wildman–Crippen LogP) is 1.45. The number of rotatable bonds is 4. The molecule has 1 unspecified atom stereocenters. The zero-order valence-corrected chi connectivity index (χ0v) is 15.4. The lowest BCUT2D eigenvalue weighted by Gasteiger charge is -2.31. The fourth-order valence-electron chi connectivity index (χ4n) is 3.13. The van der Waals surface area contributed by atoms with Gasteiger partial charge in [0, 0.05) is 32.7 Å². The van der Waals surface area contributed by atoms with Gasteiger partial charge in [0.1, 0.15) is 0 Å². The molecular weight excluding hydrogens is 360 g/mol. The summed E-state index contributed by atoms with van der Waals surface area (Å²) in [6.45, 7) is 1.04. The molecule has 0 saturated carbocycles. The number of piperidine rings is 1. The molecule has 2 aromatic rings. The van der Waals surface area contributed by atoms with E-state index in [2.05, 4.69) is 10.2 Å². The highest BCUT2D eigenvalue weighted by Crippen LogP contribution is 2.36. The Balaban J connectivity index is 1.54. The molecule has 0 bridgehead atoms. The van der Waals surface area contributed by atoms with Crippen molar-refractivity contribution in [2.24, 2.45) is 0 Å². The molecule has 2 aliphatic heterocycles. The SMILES string of the molecule is CN(C)S(=O)(=O)N1CCCC(c2nnc(-c3ccc4c(c3)OCO4)o2)C1. The van der Waals surface area contributed by atoms with Crippen LogP contribution in [-0.4, -0.2) is 61.2 Å². The van der Waals surface area contributed by atoms with Gasteiger partial charge in [0.2, 0.25) is 18.6 Å². The van der Waals surface area contributed by atoms with Crippen LogP contribution in [0.15, 0.2) is 22.6 Å². The zero-order valence-electron chi connectivity index (χ0n) is 14.6. The average Bonchev–Trinajstić information content (AvgIpc) is 3.30. The number of hydrogen-bond donors (Lipinski definition) is 0. The normalized spacial score (nSPS) is 20.7. The van der Waals surface area contributed by atoms with Crippen molar-refractivity contribution in [2.45, 2.75) is 18.8 Å². The van der Waals surface area contributed by atoms with Crippen molar-refractivity contribution in [3.05, 3.63) is 24.1 Å². The summed E-state index contributed by atoms with van der Waals surface area (Å²) in [6, 6.07) is 5.42. The quantitative estimate of drug-likeness (QED) is 0.792. The largest absolute Gasteiger partial charge is 0.454 e. The lowest BCUT2D eigenvalue weighted by Crippen LogP contribution is -2.44. The van der Waals surface area contributed by atoms with Crippen LogP contribution in [0.25, 0.3) is 11.5 Å². The molecule has 0 aliphatic carbocycles. The second kappa shape index (κ2) is 6.53. The Morgan fingerprint density at radius 2 is 2.00 bits per heavy atom. The summed E-state index contributed by atoms with van der Waals surface area (Å²) in [6.07, 6.45) is 1.56. The molecule has 4 rings (SSSR count). The van der Waals surface area contributed by atoms with Gasteiger partial charge in [-0.2, -0.15) is 17.0 Å². The first-order valence-electron chi connectivity index (χ1n) is 8.36. The van der Waals surface area contributed by atoms with E-state index < -0.39 is 10.2 Å². The van der Waals surface area contributed by atoms with Crippen molar-refractivity contribution in [1.82, 2.24) is 18.8 Å². The van der Waals surface area contributed by atoms with Gasteiger partial charge in [-0.15, -0.1) is 10.2 Å². The van der Waals surface area contributed by atoms with Crippen LogP contribution < -0.4 is 9.47 Å². The van der Waals surface area contributed by atoms with Crippen LogP contribution in [0.5, 0.6) is 11.5 Å². The van der Waals surface area contributed by atoms with Gasteiger partial charge >= 0.3 is 0 Å². The highest BCUT2D eigenvalue weighted by Gasteiger charge is 2.33. The summed E-state index contributed by atoms with van der Waals surface area (Å²) < 4.78 is 43.9. The third-order valence-corrected chi connectivity index (χ3v) is 6.49. The average molecular weight is 380 g/mol. The topological polar surface area (TPSA) is 98.0 Å². The van der Waals surface area contributed by atoms with Crippen molar-refractivity contribution in [2.75, 3.05) is 34.0 Å². The molecule has 0 amide bonds. The van der Waals surface area contributed by atoms with Gasteiger partial charge in [0.15, 0.2) is 11.5 Å². The standard InChI is InChI=1S/C16H20N4O5S/c1-19(2)26(21,22)20-7-3-4-12(9-20)16-18-17-15(25-16)11-5-6-13-14(8-11)24-10-23-13/h5-6,8,12H,3-4,7,9-10H2,1-2H3. The molecule has 1 aromatic heterocycles. The molecule has 140 valence electrons. The van der Waals surface area contributed by atoms with Crippen molar-refractivity contribution in [3.63, 3.8) is 0 Å². The molecule has 0 N–H and O–H groups in total. The van der Waals surface area contributed by atoms with E-state index in [1.165, 1.54) is 22.7 Å². The van der Waals surface area contributed by atoms with E-state index in [4.69, 9.17) is 13.9 Å². The smallest absolute Gasteiger partial charge is 0.281 e. The summed E-state index contributed by atoms with van der Waals surface area (Å²) >= 11 is 0. The predicted molar refractivity (Wildman–Crippen MR) is 92.0 cm³/mol. The molecule has 10 heteroatoms. The van der Waals surface area contributed by atoms with Gasteiger partial charge in [-0.05, 0) is 31.0 Å². The molecule has 0 spiro atoms. The maximum atomic E-state index is 12.4. The van der Waals surface area contributed by atoms with E-state index in [-0.39, 0.29) is 12.7 Å². The molecule has 9 nitrogen and oxygen atoms in total. The Labute approximate surface area is 151 Å². The number of benzene rings is 1. The molecule has 0 radical (unpaired) electrons. The maximum Gasteiger partial charge on any atom is 0.281 e. The van der Waals surface area contributed by atoms with Gasteiger partial charge in [-0.25, -0.2) is 0 Å². The first kappa shape index (κ1) is 17.3. The third-order valence-electron chi connectivity index (χ3n) is 4.58. The van der Waals surface area contributed by atoms with Crippen LogP contribution in [0, 0.1) is 0 Å². The van der Waals surface area contributed by atoms with Gasteiger partial charge in [0.05, 0.1) is 5.92 Å². The lowest BCUT2D eigenvalue weighted by atomic mass is 10.00. The Bertz CT molecular complexity index is 911. The number of fused-ring (bicyclic) bond motifs is 1. The minimum absolute atomic E-state index is 0.117. The van der Waals surface area contributed by atoms with Crippen molar-refractivity contribution < 1.29 is 22.3 Å². The van der Waals surface area contributed by atoms with E-state index in [9.17, 15) is 8.42 Å². The van der Waals surface area contributed by atoms with Gasteiger partial charge in [-0.1, -0.05) is 0 Å². The first-order chi connectivity index (χ1) is 12.4. The monoisotopic (exact) mass is 380 g/mol. The van der Waals surface area contributed by atoms with Crippen LogP contribution >= 0.6 is 0 Å². The third kappa shape index (κ3) is 3.04. The molecule has 1 fully saturated rings. The van der Waals surface area contributed by atoms with Gasteiger partial charge < -0.3 is 13.9 Å². The zero-order chi connectivity index (χ0) is 18.3. The molecular formula is C16H20N4O5S. The number of ether oxygens (including phenoxy) is 2. The second-order valence-corrected chi connectivity index (χ2v) is 8.64. The van der Waals surface area contributed by atoms with Crippen molar-refractivity contribution >= 4 is 10.2 Å². The minimum Gasteiger partial charge on any atom is -0.454 e. The van der Waals surface area contributed by atoms with Crippen molar-refractivity contribution in [3.8, 4) is 23.0 Å². The summed E-state index contributed by atoms with van der Waals surface area (Å²) in [4.78, 5) is 0. The van der Waals surface area contributed by atoms with Crippen LogP contribution in [0.3, 0.4) is 0 Å². The van der Waals surface area contributed by atoms with E-state index in [1.54, 1.807) is 12.1 Å². The van der Waals surface area contributed by atoms with Gasteiger partial charge in [0.25, 0.3) is 10.2 Å². The number of hydrogen-bond acceptors (Lipinski definition) is 7. The van der Waals surface area contributed by atoms with Crippen LogP contribution in [0.4, 0.5) is 0 Å². The summed E-state index contributed by atoms with van der Waals surface area (Å²) in [7, 11) is -0.384. The molecule has 1 aromatic carbocycles. The molecule has 26 heavy (non-hydrogen) atoms. The Hall–Kier alpha value is -2.17. The minimum atomic E-state index is -3.45. The fraction of sp³-hybridized carbons (Fsp3) is 0.500. The first-order valence-corrected chi connectivity index (χ1v) is 9.76. The van der Waals surface area contributed by atoms with Crippen LogP contribution in [0.2, 0.25) is 0 Å². The second-order valence-electron chi connectivity index (χ2n) is 6.50. The van der Waals surface area contributed by atoms with Crippen LogP contribution in [0.1, 0.15) is 24.7 Å². The van der Waals surface area contributed by atoms with E-state index in [0.29, 0.717) is 36.4 Å². The number of aromatic nitrogens is 2. The van der Waals surface area contributed by atoms with E-state index in [0.717, 1.165) is 18.4 Å². The molecule has 1 atom stereocenters. The molecule has 2 aliphatic rings. The van der Waals surface area contributed by atoms with E-state index >= 15 is 0 Å². The summed E-state index contributed by atoms with van der Waals surface area (Å²) in [5.41, 5.74) is 0.738. The maximum absolute atomic E-state index is 12.4. The van der Waals surface area contributed by atoms with Gasteiger partial charge in [-0.3, -0.25) is 0 Å². The summed E-state index contributed by atoms with van der Waals surface area (Å²) in [5.74, 6) is 2.05. The van der Waals surface area contributed by atoms with Crippen molar-refractivity contribution in [1.29, 1.82) is 0 Å². The number of nitrogens with zero attached hydrogens (tertiary/aromatic N) is 4. The molecule has 1 saturated heterocycles. The highest BCUT2D eigenvalue weighted by molar-refractivity contribution is 7.86. The van der Waals surface area contributed by atoms with E-state index in [1.807, 2.05) is 6.07 Å². The van der Waals surface area contributed by atoms with Crippen LogP contribution in [-0.2, 0) is 10.2 Å². The lowest BCUT2D eigenvalue weighted by molar-refractivity contribution is 0.174.